The Hall–Kier alpha value is -2.96. The molecule has 0 radical (unpaired) electrons. The number of carbonyl (C=O) groups excluding carboxylic acids is 1. The Morgan fingerprint density at radius 2 is 1.56 bits per heavy atom. The van der Waals surface area contributed by atoms with Crippen LogP contribution in [0.3, 0.4) is 0 Å². The first kappa shape index (κ1) is 22.2. The third-order valence-corrected chi connectivity index (χ3v) is 7.90. The summed E-state index contributed by atoms with van der Waals surface area (Å²) in [5.74, 6) is -0.283. The van der Waals surface area contributed by atoms with E-state index in [0.29, 0.717) is 13.0 Å². The summed E-state index contributed by atoms with van der Waals surface area (Å²) in [5, 5.41) is 2.95. The predicted molar refractivity (Wildman–Crippen MR) is 126 cm³/mol. The first-order valence-electron chi connectivity index (χ1n) is 10.9. The molecule has 6 heteroatoms. The molecule has 1 aliphatic rings. The normalized spacial score (nSPS) is 16.4. The SMILES string of the molecule is CCc1ccc(CNC(=O)[C@H]2Cc3ccccc3CN2S(=O)(=O)c2ccc(C)cc2)cc1. The van der Waals surface area contributed by atoms with Gasteiger partial charge < -0.3 is 5.32 Å². The van der Waals surface area contributed by atoms with Gasteiger partial charge in [-0.05, 0) is 54.2 Å². The van der Waals surface area contributed by atoms with E-state index in [1.165, 1.54) is 9.87 Å². The Kier molecular flexibility index (Phi) is 6.44. The monoisotopic (exact) mass is 448 g/mol. The molecule has 3 aromatic carbocycles. The Morgan fingerprint density at radius 1 is 0.938 bits per heavy atom. The van der Waals surface area contributed by atoms with E-state index in [1.54, 1.807) is 24.3 Å². The summed E-state index contributed by atoms with van der Waals surface area (Å²) in [6.45, 7) is 4.55. The van der Waals surface area contributed by atoms with Gasteiger partial charge in [-0.3, -0.25) is 4.79 Å². The van der Waals surface area contributed by atoms with Crippen molar-refractivity contribution < 1.29 is 13.2 Å². The maximum absolute atomic E-state index is 13.5. The van der Waals surface area contributed by atoms with Gasteiger partial charge in [-0.15, -0.1) is 0 Å². The number of nitrogens with one attached hydrogen (secondary N) is 1. The van der Waals surface area contributed by atoms with Gasteiger partial charge in [0, 0.05) is 13.1 Å². The minimum absolute atomic E-state index is 0.176. The minimum atomic E-state index is -3.84. The smallest absolute Gasteiger partial charge is 0.244 e. The molecule has 0 spiro atoms. The highest BCUT2D eigenvalue weighted by Gasteiger charge is 2.39. The van der Waals surface area contributed by atoms with E-state index in [4.69, 9.17) is 0 Å². The molecule has 32 heavy (non-hydrogen) atoms. The molecule has 4 rings (SSSR count). The number of rotatable bonds is 6. The standard InChI is InChI=1S/C26H28N2O3S/c1-3-20-10-12-21(13-11-20)17-27-26(29)25-16-22-6-4-5-7-23(22)18-28(25)32(30,31)24-14-8-19(2)9-15-24/h4-15,25H,3,16-18H2,1-2H3,(H,27,29)/t25-/m1/s1. The van der Waals surface area contributed by atoms with Gasteiger partial charge in [0.15, 0.2) is 0 Å². The maximum Gasteiger partial charge on any atom is 0.244 e. The molecule has 166 valence electrons. The summed E-state index contributed by atoms with van der Waals surface area (Å²) < 4.78 is 28.4. The summed E-state index contributed by atoms with van der Waals surface area (Å²) in [6.07, 6.45) is 1.31. The van der Waals surface area contributed by atoms with E-state index >= 15 is 0 Å². The highest BCUT2D eigenvalue weighted by Crippen LogP contribution is 2.29. The fourth-order valence-electron chi connectivity index (χ4n) is 4.02. The molecule has 0 aromatic heterocycles. The van der Waals surface area contributed by atoms with E-state index < -0.39 is 16.1 Å². The van der Waals surface area contributed by atoms with Crippen molar-refractivity contribution in [2.45, 2.75) is 50.7 Å². The van der Waals surface area contributed by atoms with Gasteiger partial charge in [0.05, 0.1) is 4.90 Å². The molecule has 5 nitrogen and oxygen atoms in total. The number of carbonyl (C=O) groups is 1. The number of aryl methyl sites for hydroxylation is 2. The van der Waals surface area contributed by atoms with Crippen LogP contribution >= 0.6 is 0 Å². The first-order valence-corrected chi connectivity index (χ1v) is 12.3. The molecule has 0 saturated heterocycles. The van der Waals surface area contributed by atoms with Gasteiger partial charge in [-0.2, -0.15) is 4.31 Å². The molecule has 0 fully saturated rings. The molecule has 1 heterocycles. The van der Waals surface area contributed by atoms with Crippen molar-refractivity contribution in [3.63, 3.8) is 0 Å². The Morgan fingerprint density at radius 3 is 2.22 bits per heavy atom. The molecule has 1 N–H and O–H groups in total. The minimum Gasteiger partial charge on any atom is -0.351 e. The lowest BCUT2D eigenvalue weighted by Gasteiger charge is -2.35. The maximum atomic E-state index is 13.5. The number of amides is 1. The second-order valence-electron chi connectivity index (χ2n) is 8.24. The molecule has 0 aliphatic carbocycles. The van der Waals surface area contributed by atoms with Gasteiger partial charge in [-0.25, -0.2) is 8.42 Å². The zero-order chi connectivity index (χ0) is 22.7. The van der Waals surface area contributed by atoms with Gasteiger partial charge in [0.25, 0.3) is 0 Å². The van der Waals surface area contributed by atoms with Crippen molar-refractivity contribution >= 4 is 15.9 Å². The number of benzene rings is 3. The number of fused-ring (bicyclic) bond motifs is 1. The summed E-state index contributed by atoms with van der Waals surface area (Å²) in [5.41, 5.74) is 5.15. The lowest BCUT2D eigenvalue weighted by molar-refractivity contribution is -0.125. The summed E-state index contributed by atoms with van der Waals surface area (Å²) in [4.78, 5) is 13.4. The topological polar surface area (TPSA) is 66.5 Å². The van der Waals surface area contributed by atoms with E-state index in [0.717, 1.165) is 28.7 Å². The molecule has 0 unspecified atom stereocenters. The van der Waals surface area contributed by atoms with E-state index in [-0.39, 0.29) is 17.3 Å². The van der Waals surface area contributed by atoms with Crippen molar-refractivity contribution in [1.82, 2.24) is 9.62 Å². The quantitative estimate of drug-likeness (QED) is 0.620. The zero-order valence-electron chi connectivity index (χ0n) is 18.4. The zero-order valence-corrected chi connectivity index (χ0v) is 19.2. The Bertz CT molecular complexity index is 1200. The molecular weight excluding hydrogens is 420 g/mol. The predicted octanol–water partition coefficient (Wildman–Crippen LogP) is 3.99. The Labute approximate surface area is 190 Å². The van der Waals surface area contributed by atoms with Gasteiger partial charge in [0.2, 0.25) is 15.9 Å². The largest absolute Gasteiger partial charge is 0.351 e. The third kappa shape index (κ3) is 4.61. The summed E-state index contributed by atoms with van der Waals surface area (Å²) in [7, 11) is -3.84. The lowest BCUT2D eigenvalue weighted by atomic mass is 9.95. The second kappa shape index (κ2) is 9.27. The van der Waals surface area contributed by atoms with Crippen LogP contribution in [0.5, 0.6) is 0 Å². The molecular formula is C26H28N2O3S. The van der Waals surface area contributed by atoms with Crippen LogP contribution in [-0.4, -0.2) is 24.7 Å². The highest BCUT2D eigenvalue weighted by atomic mass is 32.2. The molecule has 1 atom stereocenters. The van der Waals surface area contributed by atoms with Crippen LogP contribution in [0.1, 0.15) is 34.7 Å². The average molecular weight is 449 g/mol. The molecule has 1 aliphatic heterocycles. The lowest BCUT2D eigenvalue weighted by Crippen LogP contribution is -2.52. The van der Waals surface area contributed by atoms with Crippen molar-refractivity contribution in [2.75, 3.05) is 0 Å². The van der Waals surface area contributed by atoms with Gasteiger partial charge in [-0.1, -0.05) is 73.2 Å². The van der Waals surface area contributed by atoms with Gasteiger partial charge >= 0.3 is 0 Å². The molecule has 1 amide bonds. The van der Waals surface area contributed by atoms with Crippen LogP contribution in [0.2, 0.25) is 0 Å². The van der Waals surface area contributed by atoms with Crippen molar-refractivity contribution in [1.29, 1.82) is 0 Å². The number of hydrogen-bond acceptors (Lipinski definition) is 3. The van der Waals surface area contributed by atoms with Crippen LogP contribution in [0.25, 0.3) is 0 Å². The van der Waals surface area contributed by atoms with E-state index in [9.17, 15) is 13.2 Å². The van der Waals surface area contributed by atoms with Crippen LogP contribution < -0.4 is 5.32 Å². The van der Waals surface area contributed by atoms with Crippen molar-refractivity contribution in [3.8, 4) is 0 Å². The summed E-state index contributed by atoms with van der Waals surface area (Å²) >= 11 is 0. The van der Waals surface area contributed by atoms with Crippen LogP contribution in [0.15, 0.2) is 77.7 Å². The fourth-order valence-corrected chi connectivity index (χ4v) is 5.59. The number of hydrogen-bond donors (Lipinski definition) is 1. The van der Waals surface area contributed by atoms with Crippen LogP contribution in [0, 0.1) is 6.92 Å². The fraction of sp³-hybridized carbons (Fsp3) is 0.269. The highest BCUT2D eigenvalue weighted by molar-refractivity contribution is 7.89. The number of sulfonamides is 1. The van der Waals surface area contributed by atoms with Crippen molar-refractivity contribution in [3.05, 3.63) is 101 Å². The Balaban J connectivity index is 1.60. The van der Waals surface area contributed by atoms with Gasteiger partial charge in [0.1, 0.15) is 6.04 Å². The summed E-state index contributed by atoms with van der Waals surface area (Å²) in [6, 6.07) is 21.8. The van der Waals surface area contributed by atoms with E-state index in [2.05, 4.69) is 12.2 Å². The second-order valence-corrected chi connectivity index (χ2v) is 10.1. The molecule has 0 saturated carbocycles. The average Bonchev–Trinajstić information content (AvgIpc) is 2.82. The number of nitrogens with zero attached hydrogens (tertiary/aromatic N) is 1. The molecule has 3 aromatic rings. The first-order chi connectivity index (χ1) is 15.4. The van der Waals surface area contributed by atoms with Crippen molar-refractivity contribution in [2.24, 2.45) is 0 Å². The van der Waals surface area contributed by atoms with E-state index in [1.807, 2.05) is 55.5 Å². The molecule has 0 bridgehead atoms. The van der Waals surface area contributed by atoms with Crippen LogP contribution in [0.4, 0.5) is 0 Å². The van der Waals surface area contributed by atoms with Crippen LogP contribution in [-0.2, 0) is 40.7 Å². The third-order valence-electron chi connectivity index (χ3n) is 6.03.